The second-order valence-electron chi connectivity index (χ2n) is 9.07. The molecule has 1 saturated heterocycles. The van der Waals surface area contributed by atoms with Crippen LogP contribution in [0.3, 0.4) is 0 Å². The van der Waals surface area contributed by atoms with Crippen molar-refractivity contribution in [1.29, 1.82) is 0 Å². The maximum absolute atomic E-state index is 12.6. The summed E-state index contributed by atoms with van der Waals surface area (Å²) in [6, 6.07) is 29.8. The summed E-state index contributed by atoms with van der Waals surface area (Å²) in [6.45, 7) is 6.05. The number of nitrogens with one attached hydrogen (secondary N) is 1. The number of likely N-dealkylation sites (tertiary alicyclic amines) is 1. The smallest absolute Gasteiger partial charge is 0.306 e. The molecule has 5 nitrogen and oxygen atoms in total. The summed E-state index contributed by atoms with van der Waals surface area (Å²) in [7, 11) is 0. The number of piperidine rings is 1. The molecule has 0 aliphatic carbocycles. The molecule has 0 spiro atoms. The number of hydrogen-bond acceptors (Lipinski definition) is 3. The van der Waals surface area contributed by atoms with Crippen molar-refractivity contribution in [2.45, 2.75) is 32.0 Å². The molecule has 0 saturated carbocycles. The van der Waals surface area contributed by atoms with Gasteiger partial charge in [-0.1, -0.05) is 72.8 Å². The van der Waals surface area contributed by atoms with Crippen LogP contribution < -0.4 is 5.69 Å². The predicted molar refractivity (Wildman–Crippen MR) is 134 cm³/mol. The van der Waals surface area contributed by atoms with E-state index < -0.39 is 0 Å². The summed E-state index contributed by atoms with van der Waals surface area (Å²) in [4.78, 5) is 20.7. The fourth-order valence-corrected chi connectivity index (χ4v) is 5.02. The highest BCUT2D eigenvalue weighted by Crippen LogP contribution is 2.24. The summed E-state index contributed by atoms with van der Waals surface area (Å²) in [6.07, 6.45) is 2.03. The maximum Gasteiger partial charge on any atom is 0.326 e. The van der Waals surface area contributed by atoms with Crippen molar-refractivity contribution in [3.63, 3.8) is 0 Å². The molecule has 3 aromatic carbocycles. The zero-order valence-electron chi connectivity index (χ0n) is 19.1. The summed E-state index contributed by atoms with van der Waals surface area (Å²) < 4.78 is 1.98. The molecule has 0 bridgehead atoms. The lowest BCUT2D eigenvalue weighted by atomic mass is 10.0. The lowest BCUT2D eigenvalue weighted by Crippen LogP contribution is -2.41. The number of rotatable bonds is 8. The Morgan fingerprint density at radius 3 is 2.00 bits per heavy atom. The topological polar surface area (TPSA) is 44.3 Å². The molecule has 2 heterocycles. The van der Waals surface area contributed by atoms with Gasteiger partial charge in [0.25, 0.3) is 0 Å². The number of para-hydroxylation sites is 2. The normalized spacial score (nSPS) is 15.4. The summed E-state index contributed by atoms with van der Waals surface area (Å²) >= 11 is 0. The van der Waals surface area contributed by atoms with Gasteiger partial charge in [-0.2, -0.15) is 0 Å². The summed E-state index contributed by atoms with van der Waals surface area (Å²) in [5, 5.41) is 0. The van der Waals surface area contributed by atoms with E-state index in [1.54, 1.807) is 0 Å². The van der Waals surface area contributed by atoms with Crippen LogP contribution in [0.25, 0.3) is 11.0 Å². The van der Waals surface area contributed by atoms with Gasteiger partial charge in [0.15, 0.2) is 0 Å². The average molecular weight is 441 g/mol. The number of H-pyrrole nitrogens is 1. The van der Waals surface area contributed by atoms with Gasteiger partial charge in [0, 0.05) is 45.3 Å². The van der Waals surface area contributed by atoms with E-state index in [4.69, 9.17) is 0 Å². The molecule has 170 valence electrons. The quantitative estimate of drug-likeness (QED) is 0.433. The minimum atomic E-state index is 0.0200. The maximum atomic E-state index is 12.6. The largest absolute Gasteiger partial charge is 0.326 e. The third kappa shape index (κ3) is 5.27. The standard InChI is InChI=1S/C28H32N4O/c33-28-29-26-13-7-8-14-27(26)32(28)25-15-17-30(18-16-25)19-20-31(21-23-9-3-1-4-10-23)22-24-11-5-2-6-12-24/h1-14,25H,15-22H2,(H,29,33). The van der Waals surface area contributed by atoms with E-state index in [1.807, 2.05) is 28.8 Å². The van der Waals surface area contributed by atoms with Gasteiger partial charge >= 0.3 is 5.69 Å². The first kappa shape index (κ1) is 21.7. The Hall–Kier alpha value is -3.15. The van der Waals surface area contributed by atoms with Crippen LogP contribution in [0.2, 0.25) is 0 Å². The molecule has 5 heteroatoms. The molecule has 0 unspecified atom stereocenters. The first-order valence-corrected chi connectivity index (χ1v) is 12.0. The van der Waals surface area contributed by atoms with Crippen LogP contribution in [0.1, 0.15) is 30.0 Å². The summed E-state index contributed by atoms with van der Waals surface area (Å²) in [5.41, 5.74) is 4.68. The molecule has 1 aliphatic rings. The van der Waals surface area contributed by atoms with E-state index >= 15 is 0 Å². The third-order valence-corrected chi connectivity index (χ3v) is 6.78. The number of benzene rings is 3. The van der Waals surface area contributed by atoms with E-state index in [1.165, 1.54) is 11.1 Å². The molecule has 0 atom stereocenters. The highest BCUT2D eigenvalue weighted by Gasteiger charge is 2.23. The number of fused-ring (bicyclic) bond motifs is 1. The lowest BCUT2D eigenvalue weighted by molar-refractivity contribution is 0.152. The van der Waals surface area contributed by atoms with Crippen molar-refractivity contribution < 1.29 is 0 Å². The van der Waals surface area contributed by atoms with Crippen LogP contribution in [0.5, 0.6) is 0 Å². The molecular weight excluding hydrogens is 408 g/mol. The number of hydrogen-bond donors (Lipinski definition) is 1. The van der Waals surface area contributed by atoms with Crippen LogP contribution in [-0.2, 0) is 13.1 Å². The minimum Gasteiger partial charge on any atom is -0.306 e. The van der Waals surface area contributed by atoms with E-state index in [0.29, 0.717) is 0 Å². The Morgan fingerprint density at radius 2 is 1.36 bits per heavy atom. The predicted octanol–water partition coefficient (Wildman–Crippen LogP) is 4.67. The second-order valence-corrected chi connectivity index (χ2v) is 9.07. The van der Waals surface area contributed by atoms with E-state index in [2.05, 4.69) is 75.4 Å². The van der Waals surface area contributed by atoms with E-state index in [9.17, 15) is 4.79 Å². The van der Waals surface area contributed by atoms with Gasteiger partial charge in [-0.25, -0.2) is 4.79 Å². The molecule has 5 rings (SSSR count). The molecular formula is C28H32N4O. The lowest BCUT2D eigenvalue weighted by Gasteiger charge is -2.34. The third-order valence-electron chi connectivity index (χ3n) is 6.78. The molecule has 4 aromatic rings. The van der Waals surface area contributed by atoms with Gasteiger partial charge in [0.2, 0.25) is 0 Å². The van der Waals surface area contributed by atoms with Gasteiger partial charge < -0.3 is 9.88 Å². The van der Waals surface area contributed by atoms with Gasteiger partial charge in [-0.05, 0) is 36.1 Å². The molecule has 1 fully saturated rings. The first-order valence-electron chi connectivity index (χ1n) is 12.0. The molecule has 1 aromatic heterocycles. The van der Waals surface area contributed by atoms with Crippen LogP contribution in [0.15, 0.2) is 89.7 Å². The second kappa shape index (κ2) is 10.2. The van der Waals surface area contributed by atoms with Crippen LogP contribution in [0, 0.1) is 0 Å². The fourth-order valence-electron chi connectivity index (χ4n) is 5.02. The zero-order chi connectivity index (χ0) is 22.5. The van der Waals surface area contributed by atoms with Crippen LogP contribution in [-0.4, -0.2) is 45.5 Å². The number of nitrogens with zero attached hydrogens (tertiary/aromatic N) is 3. The van der Waals surface area contributed by atoms with Crippen molar-refractivity contribution in [2.75, 3.05) is 26.2 Å². The van der Waals surface area contributed by atoms with E-state index in [-0.39, 0.29) is 11.7 Å². The Labute approximate surface area is 195 Å². The van der Waals surface area contributed by atoms with Crippen molar-refractivity contribution in [3.8, 4) is 0 Å². The Bertz CT molecular complexity index is 1170. The summed E-state index contributed by atoms with van der Waals surface area (Å²) in [5.74, 6) is 0. The van der Waals surface area contributed by atoms with Crippen molar-refractivity contribution in [3.05, 3.63) is 107 Å². The monoisotopic (exact) mass is 440 g/mol. The Balaban J connectivity index is 1.20. The fraction of sp³-hybridized carbons (Fsp3) is 0.321. The molecule has 0 amide bonds. The minimum absolute atomic E-state index is 0.0200. The van der Waals surface area contributed by atoms with Crippen molar-refractivity contribution in [2.24, 2.45) is 0 Å². The first-order chi connectivity index (χ1) is 16.3. The van der Waals surface area contributed by atoms with Crippen molar-refractivity contribution >= 4 is 11.0 Å². The van der Waals surface area contributed by atoms with Gasteiger partial charge in [0.05, 0.1) is 11.0 Å². The van der Waals surface area contributed by atoms with E-state index in [0.717, 1.165) is 63.1 Å². The van der Waals surface area contributed by atoms with Crippen molar-refractivity contribution in [1.82, 2.24) is 19.4 Å². The van der Waals surface area contributed by atoms with Crippen LogP contribution >= 0.6 is 0 Å². The average Bonchev–Trinajstić information content (AvgIpc) is 3.20. The highest BCUT2D eigenvalue weighted by molar-refractivity contribution is 5.75. The highest BCUT2D eigenvalue weighted by atomic mass is 16.1. The van der Waals surface area contributed by atoms with Gasteiger partial charge in [0.1, 0.15) is 0 Å². The van der Waals surface area contributed by atoms with Gasteiger partial charge in [-0.15, -0.1) is 0 Å². The number of aromatic nitrogens is 2. The molecule has 1 aliphatic heterocycles. The number of aromatic amines is 1. The SMILES string of the molecule is O=c1[nH]c2ccccc2n1C1CCN(CCN(Cc2ccccc2)Cc2ccccc2)CC1. The number of imidazole rings is 1. The zero-order valence-corrected chi connectivity index (χ0v) is 19.1. The Morgan fingerprint density at radius 1 is 0.788 bits per heavy atom. The molecule has 33 heavy (non-hydrogen) atoms. The molecule has 1 N–H and O–H groups in total. The van der Waals surface area contributed by atoms with Crippen LogP contribution in [0.4, 0.5) is 0 Å². The van der Waals surface area contributed by atoms with Gasteiger partial charge in [-0.3, -0.25) is 9.47 Å². The Kier molecular flexibility index (Phi) is 6.70. The molecule has 0 radical (unpaired) electrons.